The van der Waals surface area contributed by atoms with E-state index < -0.39 is 17.8 Å². The Kier molecular flexibility index (Phi) is 9.76. The summed E-state index contributed by atoms with van der Waals surface area (Å²) >= 11 is 12.2. The molecule has 45 heavy (non-hydrogen) atoms. The minimum atomic E-state index is -0.853. The summed E-state index contributed by atoms with van der Waals surface area (Å²) in [6.07, 6.45) is 1.42. The van der Waals surface area contributed by atoms with Crippen molar-refractivity contribution in [2.75, 3.05) is 11.5 Å². The number of nitrogens with one attached hydrogen (secondary N) is 1. The third-order valence-corrected chi connectivity index (χ3v) is 7.74. The van der Waals surface area contributed by atoms with Crippen molar-refractivity contribution < 1.29 is 28.6 Å². The number of hydrogen-bond donors (Lipinski definition) is 1. The third-order valence-electron chi connectivity index (χ3n) is 7.15. The average molecular weight is 646 g/mol. The van der Waals surface area contributed by atoms with Crippen LogP contribution in [0.1, 0.15) is 34.7 Å². The number of nitrogens with zero attached hydrogens (tertiary/aromatic N) is 1. The number of urea groups is 1. The van der Waals surface area contributed by atoms with Gasteiger partial charge in [-0.3, -0.25) is 14.9 Å². The number of imide groups is 2. The molecule has 1 aliphatic rings. The van der Waals surface area contributed by atoms with Crippen molar-refractivity contribution in [1.29, 1.82) is 0 Å². The van der Waals surface area contributed by atoms with Gasteiger partial charge in [0.1, 0.15) is 24.5 Å². The Labute approximate surface area is 271 Å². The summed E-state index contributed by atoms with van der Waals surface area (Å²) in [5.41, 5.74) is 4.72. The van der Waals surface area contributed by atoms with E-state index in [1.54, 1.807) is 60.7 Å². The highest BCUT2D eigenvalue weighted by atomic mass is 35.5. The van der Waals surface area contributed by atoms with Gasteiger partial charge in [-0.2, -0.15) is 0 Å². The second-order valence-corrected chi connectivity index (χ2v) is 11.2. The summed E-state index contributed by atoms with van der Waals surface area (Å²) in [6.45, 7) is 6.88. The van der Waals surface area contributed by atoms with E-state index in [4.69, 9.17) is 37.4 Å². The van der Waals surface area contributed by atoms with Gasteiger partial charge in [0, 0.05) is 15.6 Å². The van der Waals surface area contributed by atoms with Gasteiger partial charge in [-0.25, -0.2) is 9.69 Å². The van der Waals surface area contributed by atoms with Gasteiger partial charge in [-0.1, -0.05) is 53.5 Å². The molecule has 0 aliphatic carbocycles. The molecule has 1 saturated heterocycles. The normalized spacial score (nSPS) is 14.0. The highest BCUT2D eigenvalue weighted by Crippen LogP contribution is 2.32. The predicted octanol–water partition coefficient (Wildman–Crippen LogP) is 7.83. The predicted molar refractivity (Wildman–Crippen MR) is 174 cm³/mol. The Balaban J connectivity index is 1.32. The molecular weight excluding hydrogens is 615 g/mol. The number of rotatable bonds is 10. The molecule has 4 amide bonds. The Bertz CT molecular complexity index is 1800. The van der Waals surface area contributed by atoms with Crippen LogP contribution in [0.5, 0.6) is 17.2 Å². The summed E-state index contributed by atoms with van der Waals surface area (Å²) < 4.78 is 17.6. The van der Waals surface area contributed by atoms with Crippen LogP contribution in [0.2, 0.25) is 10.0 Å². The standard InChI is InChI=1S/C35H30Cl2N2O6/c1-4-43-32-17-23(7-14-31(32)45-19-24-6-5-21(2)22(3)15-24)16-29-33(40)38-35(42)39(34(29)41)27-10-12-28(13-11-27)44-20-25-8-9-26(36)18-30(25)37/h5-18H,4,19-20H2,1-3H3,(H,38,40,42)/b29-16+. The molecule has 0 radical (unpaired) electrons. The topological polar surface area (TPSA) is 94.2 Å². The van der Waals surface area contributed by atoms with Crippen LogP contribution < -0.4 is 24.4 Å². The quantitative estimate of drug-likeness (QED) is 0.140. The minimum absolute atomic E-state index is 0.194. The molecule has 0 unspecified atom stereocenters. The van der Waals surface area contributed by atoms with E-state index in [-0.39, 0.29) is 17.9 Å². The van der Waals surface area contributed by atoms with Crippen LogP contribution in [0, 0.1) is 13.8 Å². The smallest absolute Gasteiger partial charge is 0.335 e. The number of ether oxygens (including phenoxy) is 3. The number of carbonyl (C=O) groups is 3. The summed E-state index contributed by atoms with van der Waals surface area (Å²) in [5.74, 6) is -0.0888. The Morgan fingerprint density at radius 1 is 0.778 bits per heavy atom. The molecule has 8 nitrogen and oxygen atoms in total. The monoisotopic (exact) mass is 644 g/mol. The molecule has 0 atom stereocenters. The van der Waals surface area contributed by atoms with Crippen LogP contribution in [0.25, 0.3) is 6.08 Å². The van der Waals surface area contributed by atoms with Crippen LogP contribution in [-0.4, -0.2) is 24.5 Å². The van der Waals surface area contributed by atoms with Crippen molar-refractivity contribution in [2.24, 2.45) is 0 Å². The molecule has 0 saturated carbocycles. The van der Waals surface area contributed by atoms with E-state index in [0.717, 1.165) is 16.0 Å². The van der Waals surface area contributed by atoms with Gasteiger partial charge >= 0.3 is 6.03 Å². The molecule has 1 aliphatic heterocycles. The number of carbonyl (C=O) groups excluding carboxylic acids is 3. The lowest BCUT2D eigenvalue weighted by molar-refractivity contribution is -0.122. The van der Waals surface area contributed by atoms with Crippen LogP contribution in [0.3, 0.4) is 0 Å². The number of aryl methyl sites for hydroxylation is 2. The van der Waals surface area contributed by atoms with Crippen molar-refractivity contribution in [3.63, 3.8) is 0 Å². The van der Waals surface area contributed by atoms with Gasteiger partial charge in [0.05, 0.1) is 12.3 Å². The van der Waals surface area contributed by atoms with E-state index in [1.165, 1.54) is 17.2 Å². The van der Waals surface area contributed by atoms with Gasteiger partial charge < -0.3 is 14.2 Å². The van der Waals surface area contributed by atoms with Gasteiger partial charge in [-0.05, 0) is 97.6 Å². The van der Waals surface area contributed by atoms with E-state index in [1.807, 2.05) is 13.0 Å². The number of anilines is 1. The lowest BCUT2D eigenvalue weighted by Gasteiger charge is -2.26. The SMILES string of the molecule is CCOc1cc(/C=C2\C(=O)NC(=O)N(c3ccc(OCc4ccc(Cl)cc4Cl)cc3)C2=O)ccc1OCc1ccc(C)c(C)c1. The van der Waals surface area contributed by atoms with Crippen LogP contribution >= 0.6 is 23.2 Å². The molecular formula is C35H30Cl2N2O6. The number of halogens is 2. The highest BCUT2D eigenvalue weighted by molar-refractivity contribution is 6.39. The Morgan fingerprint density at radius 3 is 2.27 bits per heavy atom. The fourth-order valence-electron chi connectivity index (χ4n) is 4.61. The zero-order chi connectivity index (χ0) is 32.1. The second-order valence-electron chi connectivity index (χ2n) is 10.3. The van der Waals surface area contributed by atoms with Crippen LogP contribution in [0.15, 0.2) is 84.4 Å². The first-order valence-corrected chi connectivity index (χ1v) is 14.9. The molecule has 1 heterocycles. The summed E-state index contributed by atoms with van der Waals surface area (Å²) in [4.78, 5) is 39.9. The maximum absolute atomic E-state index is 13.5. The molecule has 1 fully saturated rings. The maximum Gasteiger partial charge on any atom is 0.335 e. The van der Waals surface area contributed by atoms with Crippen LogP contribution in [0.4, 0.5) is 10.5 Å². The molecule has 1 N–H and O–H groups in total. The molecule has 230 valence electrons. The van der Waals surface area contributed by atoms with Gasteiger partial charge in [0.25, 0.3) is 11.8 Å². The number of benzene rings is 4. The average Bonchev–Trinajstić information content (AvgIpc) is 3.01. The van der Waals surface area contributed by atoms with Crippen molar-refractivity contribution in [3.05, 3.63) is 122 Å². The molecule has 5 rings (SSSR count). The minimum Gasteiger partial charge on any atom is -0.490 e. The Hall–Kier alpha value is -4.79. The fourth-order valence-corrected chi connectivity index (χ4v) is 5.07. The van der Waals surface area contributed by atoms with E-state index in [2.05, 4.69) is 31.3 Å². The van der Waals surface area contributed by atoms with Crippen LogP contribution in [-0.2, 0) is 22.8 Å². The lowest BCUT2D eigenvalue weighted by atomic mass is 10.1. The number of barbiturate groups is 1. The Morgan fingerprint density at radius 2 is 1.56 bits per heavy atom. The fraction of sp³-hybridized carbons (Fsp3) is 0.171. The first kappa shape index (κ1) is 31.6. The summed E-state index contributed by atoms with van der Waals surface area (Å²) in [7, 11) is 0. The molecule has 0 bridgehead atoms. The highest BCUT2D eigenvalue weighted by Gasteiger charge is 2.36. The first-order valence-electron chi connectivity index (χ1n) is 14.2. The van der Waals surface area contributed by atoms with Crippen molar-refractivity contribution in [3.8, 4) is 17.2 Å². The zero-order valence-electron chi connectivity index (χ0n) is 24.9. The van der Waals surface area contributed by atoms with Gasteiger partial charge in [-0.15, -0.1) is 0 Å². The van der Waals surface area contributed by atoms with E-state index in [0.29, 0.717) is 46.1 Å². The molecule has 4 aromatic carbocycles. The van der Waals surface area contributed by atoms with Crippen molar-refractivity contribution in [2.45, 2.75) is 34.0 Å². The maximum atomic E-state index is 13.5. The summed E-state index contributed by atoms with van der Waals surface area (Å²) in [6, 6.07) is 21.9. The molecule has 0 aromatic heterocycles. The summed E-state index contributed by atoms with van der Waals surface area (Å²) in [5, 5.41) is 3.25. The second kappa shape index (κ2) is 13.9. The third kappa shape index (κ3) is 7.48. The molecule has 10 heteroatoms. The van der Waals surface area contributed by atoms with Gasteiger partial charge in [0.15, 0.2) is 11.5 Å². The zero-order valence-corrected chi connectivity index (χ0v) is 26.4. The van der Waals surface area contributed by atoms with Crippen molar-refractivity contribution in [1.82, 2.24) is 5.32 Å². The van der Waals surface area contributed by atoms with E-state index in [9.17, 15) is 14.4 Å². The molecule has 0 spiro atoms. The largest absolute Gasteiger partial charge is 0.490 e. The van der Waals surface area contributed by atoms with E-state index >= 15 is 0 Å². The number of hydrogen-bond acceptors (Lipinski definition) is 6. The van der Waals surface area contributed by atoms with Gasteiger partial charge in [0.2, 0.25) is 0 Å². The lowest BCUT2D eigenvalue weighted by Crippen LogP contribution is -2.54. The number of amides is 4. The first-order chi connectivity index (χ1) is 21.6. The molecule has 4 aromatic rings. The van der Waals surface area contributed by atoms with Crippen molar-refractivity contribution >= 4 is 52.8 Å².